The van der Waals surface area contributed by atoms with Crippen LogP contribution < -0.4 is 10.6 Å². The first-order valence-electron chi connectivity index (χ1n) is 5.34. The van der Waals surface area contributed by atoms with Gasteiger partial charge in [-0.15, -0.1) is 0 Å². The fraction of sp³-hybridized carbons (Fsp3) is 0.333. The summed E-state index contributed by atoms with van der Waals surface area (Å²) in [4.78, 5) is 11.3. The molecule has 0 saturated carbocycles. The van der Waals surface area contributed by atoms with Crippen LogP contribution in [0.5, 0.6) is 0 Å². The number of benzene rings is 1. The molecule has 0 radical (unpaired) electrons. The minimum atomic E-state index is -0.427. The molecule has 1 aliphatic carbocycles. The van der Waals surface area contributed by atoms with Gasteiger partial charge in [0, 0.05) is 0 Å². The number of nitrogens with zero attached hydrogens (tertiary/aromatic N) is 1. The van der Waals surface area contributed by atoms with Crippen molar-refractivity contribution in [3.8, 4) is 6.19 Å². The Balaban J connectivity index is 2.13. The lowest BCUT2D eigenvalue weighted by molar-refractivity contribution is 0.239. The molecule has 4 nitrogen and oxygen atoms in total. The predicted octanol–water partition coefficient (Wildman–Crippen LogP) is 1.84. The van der Waals surface area contributed by atoms with Crippen molar-refractivity contribution in [2.75, 3.05) is 0 Å². The molecule has 82 valence electrons. The van der Waals surface area contributed by atoms with Crippen LogP contribution in [0.15, 0.2) is 24.3 Å². The van der Waals surface area contributed by atoms with Crippen LogP contribution in [0.2, 0.25) is 0 Å². The highest BCUT2D eigenvalue weighted by Gasteiger charge is 2.20. The summed E-state index contributed by atoms with van der Waals surface area (Å²) in [5.41, 5.74) is 2.46. The Hall–Kier alpha value is -2.02. The van der Waals surface area contributed by atoms with Gasteiger partial charge < -0.3 is 5.32 Å². The first-order chi connectivity index (χ1) is 7.81. The number of nitrogens with one attached hydrogen (secondary N) is 2. The zero-order valence-corrected chi connectivity index (χ0v) is 8.86. The number of nitriles is 1. The van der Waals surface area contributed by atoms with Gasteiger partial charge in [0.2, 0.25) is 0 Å². The van der Waals surface area contributed by atoms with Crippen LogP contribution in [-0.4, -0.2) is 6.03 Å². The first kappa shape index (κ1) is 10.5. The Morgan fingerprint density at radius 3 is 3.06 bits per heavy atom. The van der Waals surface area contributed by atoms with Crippen LogP contribution in [0.1, 0.15) is 30.0 Å². The maximum absolute atomic E-state index is 11.3. The molecule has 2 amide bonds. The summed E-state index contributed by atoms with van der Waals surface area (Å²) in [6.07, 6.45) is 4.67. The van der Waals surface area contributed by atoms with Crippen molar-refractivity contribution in [2.24, 2.45) is 0 Å². The standard InChI is InChI=1S/C12H13N3O/c13-8-14-12(16)15-11-7-3-5-9-4-1-2-6-10(9)11/h1-2,4,6,11H,3,5,7H2,(H2,14,15,16). The van der Waals surface area contributed by atoms with Crippen molar-refractivity contribution in [3.63, 3.8) is 0 Å². The van der Waals surface area contributed by atoms with E-state index in [1.165, 1.54) is 11.1 Å². The Labute approximate surface area is 94.3 Å². The van der Waals surface area contributed by atoms with Crippen molar-refractivity contribution in [1.82, 2.24) is 10.6 Å². The van der Waals surface area contributed by atoms with E-state index < -0.39 is 6.03 Å². The van der Waals surface area contributed by atoms with E-state index in [0.717, 1.165) is 19.3 Å². The van der Waals surface area contributed by atoms with Crippen LogP contribution in [0.25, 0.3) is 0 Å². The third-order valence-electron chi connectivity index (χ3n) is 2.84. The lowest BCUT2D eigenvalue weighted by Crippen LogP contribution is -2.36. The van der Waals surface area contributed by atoms with Crippen LogP contribution in [0.4, 0.5) is 4.79 Å². The molecule has 1 aromatic carbocycles. The molecule has 2 N–H and O–H groups in total. The van der Waals surface area contributed by atoms with Gasteiger partial charge in [-0.05, 0) is 30.4 Å². The van der Waals surface area contributed by atoms with Gasteiger partial charge in [0.05, 0.1) is 6.04 Å². The molecule has 16 heavy (non-hydrogen) atoms. The lowest BCUT2D eigenvalue weighted by Gasteiger charge is -2.25. The van der Waals surface area contributed by atoms with E-state index in [1.54, 1.807) is 6.19 Å². The van der Waals surface area contributed by atoms with E-state index in [4.69, 9.17) is 5.26 Å². The molecule has 4 heteroatoms. The lowest BCUT2D eigenvalue weighted by atomic mass is 9.88. The van der Waals surface area contributed by atoms with E-state index >= 15 is 0 Å². The molecule has 1 unspecified atom stereocenters. The van der Waals surface area contributed by atoms with Gasteiger partial charge in [-0.3, -0.25) is 0 Å². The maximum Gasteiger partial charge on any atom is 0.328 e. The van der Waals surface area contributed by atoms with Gasteiger partial charge >= 0.3 is 6.03 Å². The quantitative estimate of drug-likeness (QED) is 0.554. The number of fused-ring (bicyclic) bond motifs is 1. The molecule has 2 rings (SSSR count). The normalized spacial score (nSPS) is 18.1. The average molecular weight is 215 g/mol. The Morgan fingerprint density at radius 2 is 2.25 bits per heavy atom. The SMILES string of the molecule is N#CNC(=O)NC1CCCc2ccccc21. The highest BCUT2D eigenvalue weighted by atomic mass is 16.2. The molecule has 1 aromatic rings. The molecular weight excluding hydrogens is 202 g/mol. The van der Waals surface area contributed by atoms with Gasteiger partial charge in [-0.1, -0.05) is 24.3 Å². The molecule has 0 bridgehead atoms. The number of hydrogen-bond donors (Lipinski definition) is 2. The molecule has 1 aliphatic rings. The summed E-state index contributed by atoms with van der Waals surface area (Å²) in [5, 5.41) is 13.2. The molecule has 0 fully saturated rings. The maximum atomic E-state index is 11.3. The molecular formula is C12H13N3O. The van der Waals surface area contributed by atoms with E-state index in [1.807, 2.05) is 18.2 Å². The summed E-state index contributed by atoms with van der Waals surface area (Å²) < 4.78 is 0. The number of carbonyl (C=O) groups excluding carboxylic acids is 1. The first-order valence-corrected chi connectivity index (χ1v) is 5.34. The van der Waals surface area contributed by atoms with E-state index in [-0.39, 0.29) is 6.04 Å². The van der Waals surface area contributed by atoms with Crippen molar-refractivity contribution >= 4 is 6.03 Å². The zero-order chi connectivity index (χ0) is 11.4. The van der Waals surface area contributed by atoms with Gasteiger partial charge in [0.15, 0.2) is 6.19 Å². The van der Waals surface area contributed by atoms with Gasteiger partial charge in [0.1, 0.15) is 0 Å². The van der Waals surface area contributed by atoms with Crippen molar-refractivity contribution < 1.29 is 4.79 Å². The van der Waals surface area contributed by atoms with Crippen molar-refractivity contribution in [1.29, 1.82) is 5.26 Å². The minimum absolute atomic E-state index is 0.0262. The zero-order valence-electron chi connectivity index (χ0n) is 8.86. The monoisotopic (exact) mass is 215 g/mol. The molecule has 0 spiro atoms. The highest BCUT2D eigenvalue weighted by Crippen LogP contribution is 2.29. The summed E-state index contributed by atoms with van der Waals surface area (Å²) in [5.74, 6) is 0. The summed E-state index contributed by atoms with van der Waals surface area (Å²) in [7, 11) is 0. The topological polar surface area (TPSA) is 64.9 Å². The molecule has 0 aliphatic heterocycles. The number of urea groups is 1. The predicted molar refractivity (Wildman–Crippen MR) is 59.4 cm³/mol. The third kappa shape index (κ3) is 2.14. The fourth-order valence-electron chi connectivity index (χ4n) is 2.15. The second kappa shape index (κ2) is 4.67. The van der Waals surface area contributed by atoms with Crippen LogP contribution >= 0.6 is 0 Å². The largest absolute Gasteiger partial charge is 0.330 e. The number of rotatable bonds is 1. The Morgan fingerprint density at radius 1 is 1.44 bits per heavy atom. The molecule has 0 saturated heterocycles. The number of hydrogen-bond acceptors (Lipinski definition) is 2. The van der Waals surface area contributed by atoms with Gasteiger partial charge in [0.25, 0.3) is 0 Å². The molecule has 1 atom stereocenters. The summed E-state index contributed by atoms with van der Waals surface area (Å²) in [6.45, 7) is 0. The number of aryl methyl sites for hydroxylation is 1. The van der Waals surface area contributed by atoms with Gasteiger partial charge in [-0.25, -0.2) is 10.1 Å². The summed E-state index contributed by atoms with van der Waals surface area (Å²) >= 11 is 0. The minimum Gasteiger partial charge on any atom is -0.330 e. The van der Waals surface area contributed by atoms with Crippen LogP contribution in [0.3, 0.4) is 0 Å². The van der Waals surface area contributed by atoms with Crippen LogP contribution in [-0.2, 0) is 6.42 Å². The number of amides is 2. The fourth-order valence-corrected chi connectivity index (χ4v) is 2.15. The van der Waals surface area contributed by atoms with Crippen molar-refractivity contribution in [2.45, 2.75) is 25.3 Å². The molecule has 0 aromatic heterocycles. The van der Waals surface area contributed by atoms with Crippen LogP contribution in [0, 0.1) is 11.5 Å². The van der Waals surface area contributed by atoms with E-state index in [0.29, 0.717) is 0 Å². The second-order valence-corrected chi connectivity index (χ2v) is 3.85. The van der Waals surface area contributed by atoms with E-state index in [2.05, 4.69) is 16.7 Å². The smallest absolute Gasteiger partial charge is 0.328 e. The third-order valence-corrected chi connectivity index (χ3v) is 2.84. The average Bonchev–Trinajstić information content (AvgIpc) is 2.30. The van der Waals surface area contributed by atoms with E-state index in [9.17, 15) is 4.79 Å². The number of carbonyl (C=O) groups is 1. The summed E-state index contributed by atoms with van der Waals surface area (Å²) in [6, 6.07) is 7.71. The second-order valence-electron chi connectivity index (χ2n) is 3.85. The Bertz CT molecular complexity index is 436. The Kier molecular flexibility index (Phi) is 3.06. The van der Waals surface area contributed by atoms with Crippen molar-refractivity contribution in [3.05, 3.63) is 35.4 Å². The highest BCUT2D eigenvalue weighted by molar-refractivity contribution is 5.76. The van der Waals surface area contributed by atoms with Gasteiger partial charge in [-0.2, -0.15) is 5.26 Å². The molecule has 0 heterocycles.